The Morgan fingerprint density at radius 3 is 2.45 bits per heavy atom. The predicted molar refractivity (Wildman–Crippen MR) is 40.3 cm³/mol. The monoisotopic (exact) mass is 149 g/mol. The van der Waals surface area contributed by atoms with E-state index in [1.807, 2.05) is 30.3 Å². The van der Waals surface area contributed by atoms with E-state index in [4.69, 9.17) is 0 Å². The molecule has 3 heteroatoms. The van der Waals surface area contributed by atoms with Gasteiger partial charge in [0.15, 0.2) is 6.73 Å². The fourth-order valence-electron chi connectivity index (χ4n) is 0.970. The van der Waals surface area contributed by atoms with Gasteiger partial charge in [-0.2, -0.15) is 0 Å². The van der Waals surface area contributed by atoms with Crippen LogP contribution in [0.1, 0.15) is 0 Å². The zero-order valence-electron chi connectivity index (χ0n) is 5.86. The molecule has 0 spiro atoms. The number of hydrogen-bond acceptors (Lipinski definition) is 2. The highest BCUT2D eigenvalue weighted by atomic mass is 16.6. The molecule has 3 nitrogen and oxygen atoms in total. The number of para-hydroxylation sites is 1. The van der Waals surface area contributed by atoms with E-state index in [2.05, 4.69) is 4.74 Å². The molecule has 1 aromatic carbocycles. The van der Waals surface area contributed by atoms with Crippen LogP contribution < -0.4 is 4.90 Å². The summed E-state index contributed by atoms with van der Waals surface area (Å²) in [7, 11) is 0. The number of carbonyl (C=O) groups is 1. The number of amides is 1. The molecule has 0 aliphatic carbocycles. The number of rotatable bonds is 1. The molecule has 1 aliphatic heterocycles. The average molecular weight is 149 g/mol. The van der Waals surface area contributed by atoms with E-state index in [1.54, 1.807) is 4.90 Å². The summed E-state index contributed by atoms with van der Waals surface area (Å²) in [5.41, 5.74) is 0.892. The van der Waals surface area contributed by atoms with Crippen molar-refractivity contribution >= 4 is 11.8 Å². The third-order valence-corrected chi connectivity index (χ3v) is 1.61. The zero-order valence-corrected chi connectivity index (χ0v) is 5.86. The fraction of sp³-hybridized carbons (Fsp3) is 0.125. The molecule has 2 rings (SSSR count). The second-order valence-electron chi connectivity index (χ2n) is 2.30. The molecule has 0 saturated carbocycles. The highest BCUT2D eigenvalue weighted by Crippen LogP contribution is 2.19. The van der Waals surface area contributed by atoms with E-state index < -0.39 is 0 Å². The van der Waals surface area contributed by atoms with Crippen LogP contribution in [0.4, 0.5) is 10.5 Å². The van der Waals surface area contributed by atoms with Crippen molar-refractivity contribution in [1.29, 1.82) is 0 Å². The molecule has 1 amide bonds. The van der Waals surface area contributed by atoms with Gasteiger partial charge in [0, 0.05) is 0 Å². The third-order valence-electron chi connectivity index (χ3n) is 1.61. The first-order valence-electron chi connectivity index (χ1n) is 3.37. The number of nitrogens with zero attached hydrogens (tertiary/aromatic N) is 1. The maximum Gasteiger partial charge on any atom is 0.418 e. The summed E-state index contributed by atoms with van der Waals surface area (Å²) < 4.78 is 4.58. The summed E-state index contributed by atoms with van der Waals surface area (Å²) in [6, 6.07) is 9.44. The fourth-order valence-corrected chi connectivity index (χ4v) is 0.970. The van der Waals surface area contributed by atoms with Gasteiger partial charge in [-0.15, -0.1) is 0 Å². The van der Waals surface area contributed by atoms with Gasteiger partial charge in [-0.3, -0.25) is 0 Å². The first kappa shape index (κ1) is 6.22. The van der Waals surface area contributed by atoms with E-state index >= 15 is 0 Å². The molecule has 1 heterocycles. The number of anilines is 1. The van der Waals surface area contributed by atoms with Crippen LogP contribution in [0.15, 0.2) is 30.3 Å². The van der Waals surface area contributed by atoms with Crippen LogP contribution in [0.2, 0.25) is 0 Å². The first-order valence-corrected chi connectivity index (χ1v) is 3.37. The van der Waals surface area contributed by atoms with Crippen molar-refractivity contribution in [1.82, 2.24) is 0 Å². The smallest absolute Gasteiger partial charge is 0.418 e. The molecular weight excluding hydrogens is 142 g/mol. The number of ether oxygens (including phenoxy) is 1. The second-order valence-corrected chi connectivity index (χ2v) is 2.30. The second kappa shape index (κ2) is 2.27. The molecule has 0 N–H and O–H groups in total. The highest BCUT2D eigenvalue weighted by Gasteiger charge is 2.26. The number of benzene rings is 1. The summed E-state index contributed by atoms with van der Waals surface area (Å²) in [6.07, 6.45) is -0.267. The molecule has 0 radical (unpaired) electrons. The maximum absolute atomic E-state index is 10.7. The van der Waals surface area contributed by atoms with E-state index in [9.17, 15) is 4.79 Å². The van der Waals surface area contributed by atoms with Gasteiger partial charge in [0.1, 0.15) is 0 Å². The Morgan fingerprint density at radius 2 is 2.00 bits per heavy atom. The standard InChI is InChI=1S/C8H7NO2/c10-8-9(6-11-8)7-4-2-1-3-5-7/h1-5H,6H2. The van der Waals surface area contributed by atoms with Gasteiger partial charge in [-0.25, -0.2) is 9.69 Å². The van der Waals surface area contributed by atoms with Gasteiger partial charge in [0.2, 0.25) is 0 Å². The van der Waals surface area contributed by atoms with E-state index in [0.717, 1.165) is 5.69 Å². The van der Waals surface area contributed by atoms with Gasteiger partial charge in [0.25, 0.3) is 0 Å². The molecule has 0 bridgehead atoms. The molecule has 56 valence electrons. The van der Waals surface area contributed by atoms with Gasteiger partial charge >= 0.3 is 6.09 Å². The minimum absolute atomic E-state index is 0.267. The topological polar surface area (TPSA) is 29.5 Å². The highest BCUT2D eigenvalue weighted by molar-refractivity contribution is 5.91. The van der Waals surface area contributed by atoms with Crippen molar-refractivity contribution in [3.63, 3.8) is 0 Å². The third kappa shape index (κ3) is 0.941. The quantitative estimate of drug-likeness (QED) is 0.607. The Hall–Kier alpha value is -1.51. The summed E-state index contributed by atoms with van der Waals surface area (Å²) >= 11 is 0. The molecule has 0 unspecified atom stereocenters. The van der Waals surface area contributed by atoms with Gasteiger partial charge in [-0.1, -0.05) is 18.2 Å². The van der Waals surface area contributed by atoms with Crippen molar-refractivity contribution in [2.45, 2.75) is 0 Å². The SMILES string of the molecule is O=C1OCN1c1ccccc1. The molecule has 1 aliphatic rings. The van der Waals surface area contributed by atoms with Crippen LogP contribution in [-0.4, -0.2) is 12.8 Å². The van der Waals surface area contributed by atoms with Crippen molar-refractivity contribution in [3.05, 3.63) is 30.3 Å². The van der Waals surface area contributed by atoms with Gasteiger partial charge < -0.3 is 4.74 Å². The number of hydrogen-bond donors (Lipinski definition) is 0. The summed E-state index contributed by atoms with van der Waals surface area (Å²) in [5.74, 6) is 0. The predicted octanol–water partition coefficient (Wildman–Crippen LogP) is 1.60. The van der Waals surface area contributed by atoms with Gasteiger partial charge in [-0.05, 0) is 12.1 Å². The molecule has 1 saturated heterocycles. The van der Waals surface area contributed by atoms with E-state index in [1.165, 1.54) is 0 Å². The van der Waals surface area contributed by atoms with Crippen molar-refractivity contribution in [3.8, 4) is 0 Å². The zero-order chi connectivity index (χ0) is 7.68. The van der Waals surface area contributed by atoms with Crippen molar-refractivity contribution < 1.29 is 9.53 Å². The minimum atomic E-state index is -0.267. The van der Waals surface area contributed by atoms with Crippen LogP contribution in [0.3, 0.4) is 0 Å². The Labute approximate surface area is 64.2 Å². The molecule has 0 aromatic heterocycles. The lowest BCUT2D eigenvalue weighted by atomic mass is 10.3. The Morgan fingerprint density at radius 1 is 1.27 bits per heavy atom. The summed E-state index contributed by atoms with van der Waals surface area (Å²) in [5, 5.41) is 0. The Kier molecular flexibility index (Phi) is 1.28. The maximum atomic E-state index is 10.7. The normalized spacial score (nSPS) is 15.6. The summed E-state index contributed by atoms with van der Waals surface area (Å²) in [4.78, 5) is 12.3. The van der Waals surface area contributed by atoms with Crippen LogP contribution >= 0.6 is 0 Å². The largest absolute Gasteiger partial charge is 0.427 e. The van der Waals surface area contributed by atoms with Crippen molar-refractivity contribution in [2.75, 3.05) is 11.6 Å². The molecule has 1 aromatic rings. The number of carbonyl (C=O) groups excluding carboxylic acids is 1. The van der Waals surface area contributed by atoms with Crippen LogP contribution in [-0.2, 0) is 4.74 Å². The molecular formula is C8H7NO2. The van der Waals surface area contributed by atoms with Crippen molar-refractivity contribution in [2.24, 2.45) is 0 Å². The van der Waals surface area contributed by atoms with Gasteiger partial charge in [0.05, 0.1) is 5.69 Å². The lowest BCUT2D eigenvalue weighted by Crippen LogP contribution is -2.45. The van der Waals surface area contributed by atoms with E-state index in [0.29, 0.717) is 6.73 Å². The average Bonchev–Trinajstić information content (AvgIpc) is 2.04. The van der Waals surface area contributed by atoms with E-state index in [-0.39, 0.29) is 6.09 Å². The lowest BCUT2D eigenvalue weighted by Gasteiger charge is -2.29. The summed E-state index contributed by atoms with van der Waals surface area (Å²) in [6.45, 7) is 0.378. The first-order chi connectivity index (χ1) is 5.38. The Balaban J connectivity index is 2.23. The Bertz CT molecular complexity index is 271. The number of cyclic esters (lactones) is 1. The van der Waals surface area contributed by atoms with Crippen LogP contribution in [0.5, 0.6) is 0 Å². The van der Waals surface area contributed by atoms with Crippen LogP contribution in [0.25, 0.3) is 0 Å². The lowest BCUT2D eigenvalue weighted by molar-refractivity contribution is 0.108. The molecule has 0 atom stereocenters. The molecule has 1 fully saturated rings. The minimum Gasteiger partial charge on any atom is -0.427 e. The van der Waals surface area contributed by atoms with Crippen LogP contribution in [0, 0.1) is 0 Å². The molecule has 11 heavy (non-hydrogen) atoms.